The van der Waals surface area contributed by atoms with Crippen molar-refractivity contribution in [2.45, 2.75) is 33.2 Å². The van der Waals surface area contributed by atoms with Gasteiger partial charge >= 0.3 is 5.97 Å². The predicted molar refractivity (Wildman–Crippen MR) is 81.5 cm³/mol. The zero-order valence-electron chi connectivity index (χ0n) is 12.3. The van der Waals surface area contributed by atoms with Gasteiger partial charge in [0.25, 0.3) is 0 Å². The zero-order chi connectivity index (χ0) is 15.2. The quantitative estimate of drug-likeness (QED) is 0.827. The Bertz CT molecular complexity index is 613. The van der Waals surface area contributed by atoms with Crippen LogP contribution < -0.4 is 5.32 Å². The molecule has 0 atom stereocenters. The van der Waals surface area contributed by atoms with E-state index in [1.807, 2.05) is 5.38 Å². The topological polar surface area (TPSA) is 77.0 Å². The first-order valence-corrected chi connectivity index (χ1v) is 7.66. The Morgan fingerprint density at radius 1 is 1.43 bits per heavy atom. The molecule has 0 spiro atoms. The number of nitrogens with one attached hydrogen (secondary N) is 1. The highest BCUT2D eigenvalue weighted by molar-refractivity contribution is 7.09. The summed E-state index contributed by atoms with van der Waals surface area (Å²) in [6, 6.07) is 1.71. The summed E-state index contributed by atoms with van der Waals surface area (Å²) in [6.07, 6.45) is 1.53. The number of carbonyl (C=O) groups excluding carboxylic acids is 1. The van der Waals surface area contributed by atoms with Crippen LogP contribution in [0, 0.1) is 0 Å². The van der Waals surface area contributed by atoms with Crippen molar-refractivity contribution in [3.63, 3.8) is 0 Å². The molecule has 21 heavy (non-hydrogen) atoms. The van der Waals surface area contributed by atoms with Gasteiger partial charge in [0.15, 0.2) is 0 Å². The molecule has 0 bridgehead atoms. The maximum absolute atomic E-state index is 11.6. The number of aromatic nitrogens is 3. The fraction of sp³-hybridized carbons (Fsp3) is 0.429. The molecule has 0 radical (unpaired) electrons. The molecular formula is C14H18N4O2S. The predicted octanol–water partition coefficient (Wildman–Crippen LogP) is 2.85. The Labute approximate surface area is 127 Å². The van der Waals surface area contributed by atoms with Gasteiger partial charge in [0.1, 0.15) is 5.82 Å². The molecule has 0 saturated heterocycles. The van der Waals surface area contributed by atoms with Crippen LogP contribution in [0.1, 0.15) is 48.0 Å². The van der Waals surface area contributed by atoms with E-state index in [9.17, 15) is 4.79 Å². The highest BCUT2D eigenvalue weighted by Gasteiger charge is 2.11. The first-order chi connectivity index (χ1) is 10.1. The molecule has 0 fully saturated rings. The Morgan fingerprint density at radius 2 is 2.24 bits per heavy atom. The van der Waals surface area contributed by atoms with Crippen molar-refractivity contribution in [1.82, 2.24) is 15.0 Å². The Balaban J connectivity index is 1.99. The van der Waals surface area contributed by atoms with Crippen LogP contribution in [0.3, 0.4) is 0 Å². The average molecular weight is 306 g/mol. The SMILES string of the molecule is CCOC(=O)c1nccc(NCc2csc(C(C)C)n2)n1. The van der Waals surface area contributed by atoms with Gasteiger partial charge in [0.2, 0.25) is 5.82 Å². The lowest BCUT2D eigenvalue weighted by Crippen LogP contribution is -2.11. The molecule has 0 aliphatic carbocycles. The van der Waals surface area contributed by atoms with Crippen LogP contribution in [0.4, 0.5) is 5.82 Å². The summed E-state index contributed by atoms with van der Waals surface area (Å²) in [5, 5.41) is 6.27. The Morgan fingerprint density at radius 3 is 2.90 bits per heavy atom. The van der Waals surface area contributed by atoms with Crippen LogP contribution in [0.15, 0.2) is 17.6 Å². The number of hydrogen-bond acceptors (Lipinski definition) is 7. The number of ether oxygens (including phenoxy) is 1. The summed E-state index contributed by atoms with van der Waals surface area (Å²) < 4.78 is 4.87. The van der Waals surface area contributed by atoms with Gasteiger partial charge < -0.3 is 10.1 Å². The van der Waals surface area contributed by atoms with Crippen molar-refractivity contribution >= 4 is 23.1 Å². The minimum atomic E-state index is -0.517. The molecule has 2 heterocycles. The van der Waals surface area contributed by atoms with Crippen molar-refractivity contribution in [1.29, 1.82) is 0 Å². The van der Waals surface area contributed by atoms with Gasteiger partial charge in [-0.1, -0.05) is 13.8 Å². The van der Waals surface area contributed by atoms with E-state index in [1.165, 1.54) is 6.20 Å². The van der Waals surface area contributed by atoms with Crippen LogP contribution in [0.5, 0.6) is 0 Å². The second-order valence-corrected chi connectivity index (χ2v) is 5.56. The third-order valence-electron chi connectivity index (χ3n) is 2.63. The summed E-state index contributed by atoms with van der Waals surface area (Å²) in [6.45, 7) is 6.84. The van der Waals surface area contributed by atoms with Crippen LogP contribution in [0.2, 0.25) is 0 Å². The monoisotopic (exact) mass is 306 g/mol. The highest BCUT2D eigenvalue weighted by atomic mass is 32.1. The van der Waals surface area contributed by atoms with E-state index in [-0.39, 0.29) is 5.82 Å². The molecule has 2 aromatic heterocycles. The molecule has 0 saturated carbocycles. The van der Waals surface area contributed by atoms with Gasteiger partial charge in [0, 0.05) is 17.5 Å². The Hall–Kier alpha value is -2.02. The van der Waals surface area contributed by atoms with Crippen LogP contribution in [0.25, 0.3) is 0 Å². The third kappa shape index (κ3) is 4.22. The van der Waals surface area contributed by atoms with Crippen molar-refractivity contribution in [3.05, 3.63) is 34.2 Å². The van der Waals surface area contributed by atoms with Crippen LogP contribution >= 0.6 is 11.3 Å². The van der Waals surface area contributed by atoms with E-state index in [1.54, 1.807) is 24.3 Å². The summed E-state index contributed by atoms with van der Waals surface area (Å²) in [4.78, 5) is 24.1. The fourth-order valence-electron chi connectivity index (χ4n) is 1.60. The molecule has 6 nitrogen and oxygen atoms in total. The average Bonchev–Trinajstić information content (AvgIpc) is 2.95. The van der Waals surface area contributed by atoms with Crippen molar-refractivity contribution < 1.29 is 9.53 Å². The zero-order valence-corrected chi connectivity index (χ0v) is 13.1. The lowest BCUT2D eigenvalue weighted by molar-refractivity contribution is 0.0512. The maximum Gasteiger partial charge on any atom is 0.376 e. The molecule has 0 unspecified atom stereocenters. The number of hydrogen-bond donors (Lipinski definition) is 1. The normalized spacial score (nSPS) is 10.7. The van der Waals surface area contributed by atoms with Crippen molar-refractivity contribution in [2.75, 3.05) is 11.9 Å². The summed E-state index contributed by atoms with van der Waals surface area (Å²) in [7, 11) is 0. The maximum atomic E-state index is 11.6. The van der Waals surface area contributed by atoms with Crippen molar-refractivity contribution in [3.8, 4) is 0 Å². The molecule has 0 aliphatic rings. The van der Waals surface area contributed by atoms with Gasteiger partial charge in [-0.2, -0.15) is 0 Å². The number of nitrogens with zero attached hydrogens (tertiary/aromatic N) is 3. The Kier molecular flexibility index (Phi) is 5.21. The van der Waals surface area contributed by atoms with Gasteiger partial charge in [0.05, 0.1) is 23.9 Å². The lowest BCUT2D eigenvalue weighted by atomic mass is 10.2. The molecular weight excluding hydrogens is 288 g/mol. The molecule has 2 rings (SSSR count). The summed E-state index contributed by atoms with van der Waals surface area (Å²) >= 11 is 1.65. The van der Waals surface area contributed by atoms with Crippen molar-refractivity contribution in [2.24, 2.45) is 0 Å². The van der Waals surface area contributed by atoms with Crippen LogP contribution in [-0.2, 0) is 11.3 Å². The van der Waals surface area contributed by atoms with Gasteiger partial charge in [-0.25, -0.2) is 19.7 Å². The fourth-order valence-corrected chi connectivity index (χ4v) is 2.44. The second-order valence-electron chi connectivity index (χ2n) is 4.67. The van der Waals surface area contributed by atoms with E-state index in [0.29, 0.717) is 24.9 Å². The molecule has 0 aromatic carbocycles. The van der Waals surface area contributed by atoms with E-state index < -0.39 is 5.97 Å². The van der Waals surface area contributed by atoms with E-state index in [2.05, 4.69) is 34.1 Å². The second kappa shape index (κ2) is 7.12. The van der Waals surface area contributed by atoms with Gasteiger partial charge in [-0.05, 0) is 13.0 Å². The molecule has 112 valence electrons. The number of thiazole rings is 1. The summed E-state index contributed by atoms with van der Waals surface area (Å²) in [5.74, 6) is 0.547. The number of esters is 1. The van der Waals surface area contributed by atoms with Gasteiger partial charge in [-0.15, -0.1) is 11.3 Å². The lowest BCUT2D eigenvalue weighted by Gasteiger charge is -2.05. The number of carbonyl (C=O) groups is 1. The number of anilines is 1. The van der Waals surface area contributed by atoms with E-state index in [4.69, 9.17) is 4.74 Å². The van der Waals surface area contributed by atoms with E-state index in [0.717, 1.165) is 10.7 Å². The minimum absolute atomic E-state index is 0.0583. The van der Waals surface area contributed by atoms with Crippen LogP contribution in [-0.4, -0.2) is 27.5 Å². The van der Waals surface area contributed by atoms with Gasteiger partial charge in [-0.3, -0.25) is 0 Å². The molecule has 1 N–H and O–H groups in total. The minimum Gasteiger partial charge on any atom is -0.460 e. The highest BCUT2D eigenvalue weighted by Crippen LogP contribution is 2.19. The molecule has 0 amide bonds. The molecule has 0 aliphatic heterocycles. The standard InChI is InChI=1S/C14H18N4O2S/c1-4-20-14(19)12-15-6-5-11(18-12)16-7-10-8-21-13(17-10)9(2)3/h5-6,8-9H,4,7H2,1-3H3,(H,15,16,18). The molecule has 2 aromatic rings. The van der Waals surface area contributed by atoms with E-state index >= 15 is 0 Å². The smallest absolute Gasteiger partial charge is 0.376 e. The summed E-state index contributed by atoms with van der Waals surface area (Å²) in [5.41, 5.74) is 0.958. The first-order valence-electron chi connectivity index (χ1n) is 6.78. The largest absolute Gasteiger partial charge is 0.460 e. The molecule has 7 heteroatoms. The number of rotatable bonds is 6. The third-order valence-corrected chi connectivity index (χ3v) is 3.82. The first kappa shape index (κ1) is 15.4.